The van der Waals surface area contributed by atoms with Gasteiger partial charge in [0.25, 0.3) is 0 Å². The Hall–Kier alpha value is -3.06. The number of anilines is 1. The Bertz CT molecular complexity index is 912. The number of hydrogen-bond donors (Lipinski definition) is 1. The van der Waals surface area contributed by atoms with Crippen LogP contribution in [0.4, 0.5) is 5.69 Å². The minimum absolute atomic E-state index is 0.0834. The first kappa shape index (κ1) is 20.7. The molecule has 1 heterocycles. The molecule has 1 amide bonds. The van der Waals surface area contributed by atoms with E-state index in [2.05, 4.69) is 5.32 Å². The number of carboxylic acids is 1. The number of amides is 1. The fourth-order valence-electron chi connectivity index (χ4n) is 3.75. The third-order valence-corrected chi connectivity index (χ3v) is 5.24. The summed E-state index contributed by atoms with van der Waals surface area (Å²) in [6.45, 7) is 2.56. The van der Waals surface area contributed by atoms with Crippen LogP contribution in [0, 0.1) is 6.92 Å². The van der Waals surface area contributed by atoms with Gasteiger partial charge in [0.15, 0.2) is 11.5 Å². The van der Waals surface area contributed by atoms with Crippen molar-refractivity contribution in [3.63, 3.8) is 0 Å². The van der Waals surface area contributed by atoms with Gasteiger partial charge < -0.3 is 24.7 Å². The molecule has 154 valence electrons. The summed E-state index contributed by atoms with van der Waals surface area (Å²) in [4.78, 5) is 25.9. The molecule has 0 saturated heterocycles. The zero-order chi connectivity index (χ0) is 21.0. The molecule has 1 aliphatic rings. The highest BCUT2D eigenvalue weighted by Gasteiger charge is 2.30. The van der Waals surface area contributed by atoms with Gasteiger partial charge in [-0.15, -0.1) is 0 Å². The van der Waals surface area contributed by atoms with Crippen molar-refractivity contribution in [3.05, 3.63) is 53.1 Å². The number of aryl methyl sites for hydroxylation is 1. The summed E-state index contributed by atoms with van der Waals surface area (Å²) in [5.74, 6) is -0.224. The van der Waals surface area contributed by atoms with Crippen molar-refractivity contribution in [2.75, 3.05) is 32.6 Å². The van der Waals surface area contributed by atoms with Gasteiger partial charge in [-0.3, -0.25) is 9.69 Å². The van der Waals surface area contributed by atoms with Crippen molar-refractivity contribution in [2.24, 2.45) is 0 Å². The highest BCUT2D eigenvalue weighted by molar-refractivity contribution is 5.93. The summed E-state index contributed by atoms with van der Waals surface area (Å²) in [5, 5.41) is 14.3. The minimum atomic E-state index is -1.16. The predicted octanol–water partition coefficient (Wildman–Crippen LogP) is 1.69. The number of rotatable bonds is 7. The smallest absolute Gasteiger partial charge is 0.238 e. The van der Waals surface area contributed by atoms with Crippen LogP contribution in [0.2, 0.25) is 0 Å². The number of hydrogen-bond acceptors (Lipinski definition) is 6. The molecule has 0 saturated carbocycles. The minimum Gasteiger partial charge on any atom is -0.550 e. The lowest BCUT2D eigenvalue weighted by Gasteiger charge is -2.37. The van der Waals surface area contributed by atoms with E-state index in [9.17, 15) is 14.7 Å². The maximum atomic E-state index is 12.6. The summed E-state index contributed by atoms with van der Waals surface area (Å²) < 4.78 is 10.7. The Morgan fingerprint density at radius 2 is 1.86 bits per heavy atom. The van der Waals surface area contributed by atoms with Crippen molar-refractivity contribution in [2.45, 2.75) is 25.8 Å². The van der Waals surface area contributed by atoms with Gasteiger partial charge in [-0.25, -0.2) is 0 Å². The van der Waals surface area contributed by atoms with E-state index in [1.807, 2.05) is 42.2 Å². The van der Waals surface area contributed by atoms with Crippen molar-refractivity contribution >= 4 is 17.6 Å². The fourth-order valence-corrected chi connectivity index (χ4v) is 3.75. The molecule has 1 aliphatic heterocycles. The number of carbonyl (C=O) groups excluding carboxylic acids is 2. The van der Waals surface area contributed by atoms with E-state index in [-0.39, 0.29) is 18.9 Å². The molecule has 2 aromatic rings. The van der Waals surface area contributed by atoms with Crippen molar-refractivity contribution in [1.29, 1.82) is 0 Å². The van der Waals surface area contributed by atoms with Crippen LogP contribution in [0.15, 0.2) is 36.4 Å². The Morgan fingerprint density at radius 3 is 2.52 bits per heavy atom. The Labute approximate surface area is 170 Å². The van der Waals surface area contributed by atoms with Crippen LogP contribution in [0.3, 0.4) is 0 Å². The normalized spacial score (nSPS) is 16.0. The van der Waals surface area contributed by atoms with Gasteiger partial charge in [0.1, 0.15) is 0 Å². The van der Waals surface area contributed by atoms with Crippen LogP contribution >= 0.6 is 0 Å². The van der Waals surface area contributed by atoms with Crippen LogP contribution in [0.5, 0.6) is 11.5 Å². The Balaban J connectivity index is 1.84. The monoisotopic (exact) mass is 397 g/mol. The van der Waals surface area contributed by atoms with Crippen LogP contribution in [-0.4, -0.2) is 44.1 Å². The summed E-state index contributed by atoms with van der Waals surface area (Å²) in [7, 11) is 3.10. The molecular formula is C22H25N2O5-. The molecule has 0 radical (unpaired) electrons. The molecule has 7 heteroatoms. The molecule has 29 heavy (non-hydrogen) atoms. The van der Waals surface area contributed by atoms with E-state index in [1.54, 1.807) is 13.2 Å². The van der Waals surface area contributed by atoms with Gasteiger partial charge >= 0.3 is 0 Å². The highest BCUT2D eigenvalue weighted by atomic mass is 16.5. The number of carboxylic acid groups (broad SMARTS) is 1. The topological polar surface area (TPSA) is 90.9 Å². The first-order chi connectivity index (χ1) is 13.9. The van der Waals surface area contributed by atoms with E-state index in [4.69, 9.17) is 9.47 Å². The lowest BCUT2D eigenvalue weighted by molar-refractivity contribution is -0.307. The average Bonchev–Trinajstić information content (AvgIpc) is 2.70. The number of benzene rings is 2. The predicted molar refractivity (Wildman–Crippen MR) is 107 cm³/mol. The second kappa shape index (κ2) is 8.96. The van der Waals surface area contributed by atoms with Gasteiger partial charge in [0.05, 0.1) is 20.8 Å². The van der Waals surface area contributed by atoms with Crippen LogP contribution in [0.25, 0.3) is 0 Å². The first-order valence-electron chi connectivity index (χ1n) is 9.47. The maximum absolute atomic E-state index is 12.6. The zero-order valence-electron chi connectivity index (χ0n) is 16.9. The molecule has 0 aliphatic carbocycles. The second-order valence-corrected chi connectivity index (χ2v) is 7.08. The van der Waals surface area contributed by atoms with E-state index >= 15 is 0 Å². The van der Waals surface area contributed by atoms with Gasteiger partial charge in [-0.1, -0.05) is 18.2 Å². The fraction of sp³-hybridized carbons (Fsp3) is 0.364. The molecular weight excluding hydrogens is 372 g/mol. The summed E-state index contributed by atoms with van der Waals surface area (Å²) in [6.07, 6.45) is 0.469. The SMILES string of the molecule is COc1cc2c(cc1OC)C(CC(=O)[O-])N(CC(=O)Nc1ccccc1C)CC2. The number of para-hydroxylation sites is 1. The van der Waals surface area contributed by atoms with Crippen LogP contribution in [0.1, 0.15) is 29.2 Å². The Kier molecular flexibility index (Phi) is 6.39. The lowest BCUT2D eigenvalue weighted by Crippen LogP contribution is -2.43. The first-order valence-corrected chi connectivity index (χ1v) is 9.47. The molecule has 0 aromatic heterocycles. The number of fused-ring (bicyclic) bond motifs is 1. The summed E-state index contributed by atoms with van der Waals surface area (Å²) in [5.41, 5.74) is 3.52. The maximum Gasteiger partial charge on any atom is 0.238 e. The van der Waals surface area contributed by atoms with Crippen LogP contribution < -0.4 is 19.9 Å². The highest BCUT2D eigenvalue weighted by Crippen LogP contribution is 2.39. The quantitative estimate of drug-likeness (QED) is 0.765. The van der Waals surface area contributed by atoms with E-state index in [0.717, 1.165) is 22.4 Å². The average molecular weight is 397 g/mol. The third kappa shape index (κ3) is 4.68. The molecule has 0 spiro atoms. The molecule has 0 bridgehead atoms. The van der Waals surface area contributed by atoms with Gasteiger partial charge in [-0.2, -0.15) is 0 Å². The van der Waals surface area contributed by atoms with Crippen molar-refractivity contribution in [1.82, 2.24) is 4.90 Å². The standard InChI is InChI=1S/C22H26N2O5/c1-14-6-4-5-7-17(14)23-21(25)13-24-9-8-15-10-19(28-2)20(29-3)11-16(15)18(24)12-22(26)27/h4-7,10-11,18H,8-9,12-13H2,1-3H3,(H,23,25)(H,26,27)/p-1. The Morgan fingerprint density at radius 1 is 1.17 bits per heavy atom. The van der Waals surface area contributed by atoms with Crippen molar-refractivity contribution < 1.29 is 24.2 Å². The molecule has 1 unspecified atom stereocenters. The zero-order valence-corrected chi connectivity index (χ0v) is 16.9. The van der Waals surface area contributed by atoms with Crippen molar-refractivity contribution in [3.8, 4) is 11.5 Å². The van der Waals surface area contributed by atoms with Gasteiger partial charge in [0.2, 0.25) is 5.91 Å². The third-order valence-electron chi connectivity index (χ3n) is 5.24. The molecule has 1 atom stereocenters. The van der Waals surface area contributed by atoms with E-state index in [0.29, 0.717) is 24.5 Å². The summed E-state index contributed by atoms with van der Waals surface area (Å²) in [6, 6.07) is 10.7. The molecule has 1 N–H and O–H groups in total. The molecule has 2 aromatic carbocycles. The second-order valence-electron chi connectivity index (χ2n) is 7.08. The molecule has 0 fully saturated rings. The number of ether oxygens (including phenoxy) is 2. The number of carbonyl (C=O) groups is 2. The molecule has 7 nitrogen and oxygen atoms in total. The lowest BCUT2D eigenvalue weighted by atomic mass is 9.90. The van der Waals surface area contributed by atoms with Gasteiger partial charge in [0, 0.05) is 30.7 Å². The number of nitrogens with one attached hydrogen (secondary N) is 1. The van der Waals surface area contributed by atoms with E-state index < -0.39 is 12.0 Å². The van der Waals surface area contributed by atoms with Gasteiger partial charge in [-0.05, 0) is 48.2 Å². The van der Waals surface area contributed by atoms with E-state index in [1.165, 1.54) is 7.11 Å². The van der Waals surface area contributed by atoms with Crippen LogP contribution in [-0.2, 0) is 16.0 Å². The number of aliphatic carboxylic acids is 1. The summed E-state index contributed by atoms with van der Waals surface area (Å²) >= 11 is 0. The molecule has 3 rings (SSSR count). The number of methoxy groups -OCH3 is 2. The number of nitrogens with zero attached hydrogens (tertiary/aromatic N) is 1. The largest absolute Gasteiger partial charge is 0.550 e.